The molecule has 1 saturated carbocycles. The van der Waals surface area contributed by atoms with Crippen molar-refractivity contribution in [1.29, 1.82) is 0 Å². The molecule has 1 fully saturated rings. The predicted octanol–water partition coefficient (Wildman–Crippen LogP) is 3.26. The summed E-state index contributed by atoms with van der Waals surface area (Å²) in [7, 11) is 3.92. The van der Waals surface area contributed by atoms with Crippen LogP contribution in [0.4, 0.5) is 8.78 Å². The van der Waals surface area contributed by atoms with E-state index in [0.717, 1.165) is 11.4 Å². The molecule has 20 heavy (non-hydrogen) atoms. The molecular weight excluding hydrogens is 262 g/mol. The molecule has 0 unspecified atom stereocenters. The summed E-state index contributed by atoms with van der Waals surface area (Å²) >= 11 is 0. The van der Waals surface area contributed by atoms with E-state index in [1.165, 1.54) is 0 Å². The van der Waals surface area contributed by atoms with E-state index >= 15 is 0 Å². The van der Waals surface area contributed by atoms with Gasteiger partial charge < -0.3 is 9.64 Å². The molecule has 1 aliphatic rings. The van der Waals surface area contributed by atoms with Gasteiger partial charge in [0.1, 0.15) is 5.75 Å². The van der Waals surface area contributed by atoms with Crippen LogP contribution in [0.3, 0.4) is 0 Å². The van der Waals surface area contributed by atoms with E-state index in [1.54, 1.807) is 0 Å². The highest BCUT2D eigenvalue weighted by molar-refractivity contribution is 5.29. The molecule has 0 amide bonds. The molecule has 112 valence electrons. The monoisotopic (exact) mass is 284 g/mol. The SMILES string of the molecule is Cc1ccc(O[C@@H](C)C2CC(F)(F)C2)c(CN(C)C)n1. The number of hydrogen-bond acceptors (Lipinski definition) is 3. The second-order valence-electron chi connectivity index (χ2n) is 5.98. The van der Waals surface area contributed by atoms with Gasteiger partial charge in [-0.3, -0.25) is 4.98 Å². The average molecular weight is 284 g/mol. The first kappa shape index (κ1) is 15.2. The highest BCUT2D eigenvalue weighted by atomic mass is 19.3. The van der Waals surface area contributed by atoms with Crippen LogP contribution in [0.1, 0.15) is 31.2 Å². The van der Waals surface area contributed by atoms with Crippen LogP contribution in [0.2, 0.25) is 0 Å². The third-order valence-corrected chi connectivity index (χ3v) is 3.64. The van der Waals surface area contributed by atoms with Gasteiger partial charge in [-0.05, 0) is 40.1 Å². The van der Waals surface area contributed by atoms with Crippen LogP contribution in [0.15, 0.2) is 12.1 Å². The summed E-state index contributed by atoms with van der Waals surface area (Å²) in [6.45, 7) is 4.46. The van der Waals surface area contributed by atoms with Crippen molar-refractivity contribution >= 4 is 0 Å². The van der Waals surface area contributed by atoms with Crippen LogP contribution in [0, 0.1) is 12.8 Å². The van der Waals surface area contributed by atoms with Crippen LogP contribution >= 0.6 is 0 Å². The van der Waals surface area contributed by atoms with Crippen LogP contribution in [0.25, 0.3) is 0 Å². The summed E-state index contributed by atoms with van der Waals surface area (Å²) in [5.74, 6) is -1.87. The molecule has 5 heteroatoms. The van der Waals surface area contributed by atoms with Crippen molar-refractivity contribution in [3.8, 4) is 5.75 Å². The quantitative estimate of drug-likeness (QED) is 0.830. The number of ether oxygens (including phenoxy) is 1. The van der Waals surface area contributed by atoms with Gasteiger partial charge >= 0.3 is 0 Å². The van der Waals surface area contributed by atoms with Gasteiger partial charge in [0.25, 0.3) is 0 Å². The summed E-state index contributed by atoms with van der Waals surface area (Å²) in [5.41, 5.74) is 1.78. The first-order valence-electron chi connectivity index (χ1n) is 6.92. The minimum Gasteiger partial charge on any atom is -0.488 e. The minimum atomic E-state index is -2.50. The van der Waals surface area contributed by atoms with Crippen LogP contribution in [0.5, 0.6) is 5.75 Å². The fraction of sp³-hybridized carbons (Fsp3) is 0.667. The second kappa shape index (κ2) is 5.64. The average Bonchev–Trinajstić information content (AvgIpc) is 2.28. The molecule has 1 atom stereocenters. The molecule has 2 rings (SSSR count). The minimum absolute atomic E-state index is 0.0708. The molecule has 0 saturated heterocycles. The maximum absolute atomic E-state index is 12.9. The molecule has 0 bridgehead atoms. The largest absolute Gasteiger partial charge is 0.488 e. The Morgan fingerprint density at radius 1 is 1.40 bits per heavy atom. The zero-order valence-electron chi connectivity index (χ0n) is 12.5. The lowest BCUT2D eigenvalue weighted by atomic mass is 9.78. The molecule has 1 heterocycles. The van der Waals surface area contributed by atoms with E-state index in [-0.39, 0.29) is 24.9 Å². The molecule has 3 nitrogen and oxygen atoms in total. The zero-order chi connectivity index (χ0) is 14.9. The van der Waals surface area contributed by atoms with Crippen LogP contribution in [-0.4, -0.2) is 36.0 Å². The van der Waals surface area contributed by atoms with Gasteiger partial charge in [-0.1, -0.05) is 0 Å². The topological polar surface area (TPSA) is 25.4 Å². The number of hydrogen-bond donors (Lipinski definition) is 0. The van der Waals surface area contributed by atoms with Gasteiger partial charge in [-0.2, -0.15) is 0 Å². The lowest BCUT2D eigenvalue weighted by Gasteiger charge is -2.38. The number of rotatable bonds is 5. The maximum atomic E-state index is 12.9. The van der Waals surface area contributed by atoms with Gasteiger partial charge in [0.15, 0.2) is 0 Å². The Labute approximate surface area is 118 Å². The smallest absolute Gasteiger partial charge is 0.249 e. The first-order chi connectivity index (χ1) is 9.27. The molecule has 0 radical (unpaired) electrons. The van der Waals surface area contributed by atoms with Crippen molar-refractivity contribution in [1.82, 2.24) is 9.88 Å². The Morgan fingerprint density at radius 3 is 2.60 bits per heavy atom. The van der Waals surface area contributed by atoms with Gasteiger partial charge in [0, 0.05) is 31.0 Å². The van der Waals surface area contributed by atoms with E-state index in [1.807, 2.05) is 45.0 Å². The highest BCUT2D eigenvalue weighted by Crippen LogP contribution is 2.44. The van der Waals surface area contributed by atoms with E-state index in [4.69, 9.17) is 4.74 Å². The molecule has 1 aliphatic carbocycles. The molecule has 0 N–H and O–H groups in total. The van der Waals surface area contributed by atoms with E-state index in [9.17, 15) is 8.78 Å². The molecule has 1 aromatic heterocycles. The number of alkyl halides is 2. The first-order valence-corrected chi connectivity index (χ1v) is 6.92. The number of halogens is 2. The summed E-state index contributed by atoms with van der Waals surface area (Å²) < 4.78 is 31.7. The van der Waals surface area contributed by atoms with Gasteiger partial charge in [0.2, 0.25) is 5.92 Å². The lowest BCUT2D eigenvalue weighted by Crippen LogP contribution is -2.43. The summed E-state index contributed by atoms with van der Waals surface area (Å²) in [6.07, 6.45) is -0.354. The maximum Gasteiger partial charge on any atom is 0.249 e. The van der Waals surface area contributed by atoms with Gasteiger partial charge in [0.05, 0.1) is 11.8 Å². The van der Waals surface area contributed by atoms with Gasteiger partial charge in [-0.25, -0.2) is 8.78 Å². The van der Waals surface area contributed by atoms with Crippen molar-refractivity contribution in [3.63, 3.8) is 0 Å². The summed E-state index contributed by atoms with van der Waals surface area (Å²) in [4.78, 5) is 6.49. The second-order valence-corrected chi connectivity index (χ2v) is 5.98. The zero-order valence-corrected chi connectivity index (χ0v) is 12.5. The van der Waals surface area contributed by atoms with Crippen molar-refractivity contribution in [2.75, 3.05) is 14.1 Å². The number of nitrogens with zero attached hydrogens (tertiary/aromatic N) is 2. The third-order valence-electron chi connectivity index (χ3n) is 3.64. The van der Waals surface area contributed by atoms with Crippen molar-refractivity contribution in [2.45, 2.75) is 45.3 Å². The highest BCUT2D eigenvalue weighted by Gasteiger charge is 2.48. The molecular formula is C15H22F2N2O. The fourth-order valence-electron chi connectivity index (χ4n) is 2.45. The standard InChI is InChI=1S/C15H22F2N2O/c1-10-5-6-14(13(18-10)9-19(3)4)20-11(2)12-7-15(16,17)8-12/h5-6,11-12H,7-9H2,1-4H3/t11-/m0/s1. The predicted molar refractivity (Wildman–Crippen MR) is 74.1 cm³/mol. The molecule has 0 aliphatic heterocycles. The van der Waals surface area contributed by atoms with Crippen molar-refractivity contribution in [2.24, 2.45) is 5.92 Å². The van der Waals surface area contributed by atoms with Gasteiger partial charge in [-0.15, -0.1) is 0 Å². The Morgan fingerprint density at radius 2 is 2.05 bits per heavy atom. The fourth-order valence-corrected chi connectivity index (χ4v) is 2.45. The molecule has 0 aromatic carbocycles. The summed E-state index contributed by atoms with van der Waals surface area (Å²) in [5, 5.41) is 0. The number of aromatic nitrogens is 1. The Bertz CT molecular complexity index is 469. The van der Waals surface area contributed by atoms with E-state index in [0.29, 0.717) is 12.3 Å². The third kappa shape index (κ3) is 3.66. The Kier molecular flexibility index (Phi) is 4.28. The lowest BCUT2D eigenvalue weighted by molar-refractivity contribution is -0.133. The van der Waals surface area contributed by atoms with Crippen molar-refractivity contribution in [3.05, 3.63) is 23.5 Å². The number of aryl methyl sites for hydroxylation is 1. The summed E-state index contributed by atoms with van der Waals surface area (Å²) in [6, 6.07) is 3.77. The normalized spacial score (nSPS) is 19.8. The Hall–Kier alpha value is -1.23. The van der Waals surface area contributed by atoms with E-state index < -0.39 is 5.92 Å². The molecule has 0 spiro atoms. The Balaban J connectivity index is 2.05. The van der Waals surface area contributed by atoms with E-state index in [2.05, 4.69) is 4.98 Å². The van der Waals surface area contributed by atoms with Crippen LogP contribution in [-0.2, 0) is 6.54 Å². The van der Waals surface area contributed by atoms with Crippen LogP contribution < -0.4 is 4.74 Å². The number of pyridine rings is 1. The molecule has 1 aromatic rings. The van der Waals surface area contributed by atoms with Crippen molar-refractivity contribution < 1.29 is 13.5 Å².